The standard InChI is InChI=1S/C26H27Cl2N3O4S/c1-3-29-26(33)17(2)30(16-18-12-13-20(27)21(28)15-18)24(32)11-6-14-31-22-9-4-7-19-8-5-10-23(25(19)22)36(31,34)35/h4-5,7-10,12-13,15,17H,3,6,11,14,16H2,1-2H3,(H,29,33). The van der Waals surface area contributed by atoms with Gasteiger partial charge >= 0.3 is 0 Å². The molecule has 7 nitrogen and oxygen atoms in total. The van der Waals surface area contributed by atoms with E-state index in [9.17, 15) is 18.0 Å². The van der Waals surface area contributed by atoms with Gasteiger partial charge < -0.3 is 10.2 Å². The van der Waals surface area contributed by atoms with Crippen molar-refractivity contribution in [2.75, 3.05) is 17.4 Å². The van der Waals surface area contributed by atoms with Gasteiger partial charge in [-0.1, -0.05) is 53.5 Å². The molecule has 2 amide bonds. The van der Waals surface area contributed by atoms with Crippen molar-refractivity contribution in [3.05, 3.63) is 70.2 Å². The Balaban J connectivity index is 1.50. The molecule has 1 atom stereocenters. The normalized spacial score (nSPS) is 14.6. The van der Waals surface area contributed by atoms with Crippen LogP contribution in [-0.2, 0) is 26.2 Å². The highest BCUT2D eigenvalue weighted by Gasteiger charge is 2.35. The van der Waals surface area contributed by atoms with Crippen molar-refractivity contribution in [3.63, 3.8) is 0 Å². The highest BCUT2D eigenvalue weighted by molar-refractivity contribution is 7.93. The van der Waals surface area contributed by atoms with E-state index in [2.05, 4.69) is 5.32 Å². The lowest BCUT2D eigenvalue weighted by molar-refractivity contribution is -0.140. The summed E-state index contributed by atoms with van der Waals surface area (Å²) in [5.41, 5.74) is 1.36. The minimum atomic E-state index is -3.69. The molecule has 1 aliphatic heterocycles. The van der Waals surface area contributed by atoms with Crippen LogP contribution in [0.4, 0.5) is 5.69 Å². The zero-order valence-electron chi connectivity index (χ0n) is 20.0. The van der Waals surface area contributed by atoms with Gasteiger partial charge in [0.25, 0.3) is 10.0 Å². The summed E-state index contributed by atoms with van der Waals surface area (Å²) in [6, 6.07) is 15.1. The van der Waals surface area contributed by atoms with Gasteiger partial charge in [0.1, 0.15) is 6.04 Å². The third-order valence-corrected chi connectivity index (χ3v) is 8.88. The fraction of sp³-hybridized carbons (Fsp3) is 0.308. The average Bonchev–Trinajstić information content (AvgIpc) is 3.07. The van der Waals surface area contributed by atoms with Crippen molar-refractivity contribution in [3.8, 4) is 0 Å². The van der Waals surface area contributed by atoms with E-state index in [0.717, 1.165) is 10.9 Å². The number of halogens is 2. The topological polar surface area (TPSA) is 86.8 Å². The van der Waals surface area contributed by atoms with E-state index in [1.54, 1.807) is 43.3 Å². The average molecular weight is 548 g/mol. The molecule has 10 heteroatoms. The van der Waals surface area contributed by atoms with E-state index in [4.69, 9.17) is 23.2 Å². The van der Waals surface area contributed by atoms with Crippen molar-refractivity contribution in [1.29, 1.82) is 0 Å². The van der Waals surface area contributed by atoms with E-state index < -0.39 is 16.1 Å². The molecule has 1 unspecified atom stereocenters. The number of sulfonamides is 1. The summed E-state index contributed by atoms with van der Waals surface area (Å²) in [7, 11) is -3.69. The van der Waals surface area contributed by atoms with Crippen LogP contribution in [-0.4, -0.2) is 44.3 Å². The number of nitrogens with zero attached hydrogens (tertiary/aromatic N) is 2. The Kier molecular flexibility index (Phi) is 7.78. The molecule has 0 fully saturated rings. The van der Waals surface area contributed by atoms with Crippen LogP contribution in [0, 0.1) is 0 Å². The molecule has 4 rings (SSSR count). The van der Waals surface area contributed by atoms with Crippen LogP contribution in [0.2, 0.25) is 10.0 Å². The fourth-order valence-electron chi connectivity index (χ4n) is 4.46. The Hall–Kier alpha value is -2.81. The molecule has 0 radical (unpaired) electrons. The lowest BCUT2D eigenvalue weighted by Crippen LogP contribution is -2.47. The third kappa shape index (κ3) is 5.03. The van der Waals surface area contributed by atoms with Crippen LogP contribution in [0.1, 0.15) is 32.3 Å². The van der Waals surface area contributed by atoms with E-state index >= 15 is 0 Å². The quantitative estimate of drug-likeness (QED) is 0.408. The molecule has 0 aromatic heterocycles. The minimum absolute atomic E-state index is 0.0728. The van der Waals surface area contributed by atoms with E-state index in [1.807, 2.05) is 25.1 Å². The molecule has 0 spiro atoms. The van der Waals surface area contributed by atoms with Gasteiger partial charge in [-0.15, -0.1) is 0 Å². The first-order valence-electron chi connectivity index (χ1n) is 11.7. The molecule has 36 heavy (non-hydrogen) atoms. The van der Waals surface area contributed by atoms with Crippen molar-refractivity contribution in [2.45, 2.75) is 44.2 Å². The number of rotatable bonds is 9. The Morgan fingerprint density at radius 2 is 1.78 bits per heavy atom. The Morgan fingerprint density at radius 3 is 2.47 bits per heavy atom. The van der Waals surface area contributed by atoms with Crippen LogP contribution in [0.15, 0.2) is 59.5 Å². The largest absolute Gasteiger partial charge is 0.355 e. The molecule has 1 N–H and O–H groups in total. The van der Waals surface area contributed by atoms with Gasteiger partial charge in [-0.3, -0.25) is 13.9 Å². The molecule has 0 bridgehead atoms. The van der Waals surface area contributed by atoms with Gasteiger partial charge in [-0.2, -0.15) is 0 Å². The maximum atomic E-state index is 13.3. The lowest BCUT2D eigenvalue weighted by atomic mass is 10.1. The second-order valence-corrected chi connectivity index (χ2v) is 11.3. The monoisotopic (exact) mass is 547 g/mol. The zero-order valence-corrected chi connectivity index (χ0v) is 22.3. The Labute approximate surface area is 221 Å². The number of carbonyl (C=O) groups excluding carboxylic acids is 2. The summed E-state index contributed by atoms with van der Waals surface area (Å²) < 4.78 is 27.8. The van der Waals surface area contributed by atoms with Gasteiger partial charge in [-0.25, -0.2) is 8.42 Å². The van der Waals surface area contributed by atoms with Crippen molar-refractivity contribution in [1.82, 2.24) is 10.2 Å². The van der Waals surface area contributed by atoms with Gasteiger partial charge in [0.2, 0.25) is 11.8 Å². The molecule has 190 valence electrons. The van der Waals surface area contributed by atoms with Gasteiger partial charge in [-0.05, 0) is 55.5 Å². The Morgan fingerprint density at radius 1 is 1.06 bits per heavy atom. The number of hydrogen-bond donors (Lipinski definition) is 1. The van der Waals surface area contributed by atoms with Crippen LogP contribution >= 0.6 is 23.2 Å². The summed E-state index contributed by atoms with van der Waals surface area (Å²) in [5.74, 6) is -0.526. The highest BCUT2D eigenvalue weighted by Crippen LogP contribution is 2.42. The van der Waals surface area contributed by atoms with E-state index in [0.29, 0.717) is 34.1 Å². The first-order valence-corrected chi connectivity index (χ1v) is 13.9. The lowest BCUT2D eigenvalue weighted by Gasteiger charge is -2.29. The van der Waals surface area contributed by atoms with Crippen LogP contribution in [0.3, 0.4) is 0 Å². The molecule has 3 aromatic carbocycles. The Bertz CT molecular complexity index is 1420. The maximum Gasteiger partial charge on any atom is 0.265 e. The zero-order chi connectivity index (χ0) is 26.0. The number of nitrogens with one attached hydrogen (secondary N) is 1. The highest BCUT2D eigenvalue weighted by atomic mass is 35.5. The third-order valence-electron chi connectivity index (χ3n) is 6.29. The summed E-state index contributed by atoms with van der Waals surface area (Å²) >= 11 is 12.2. The second-order valence-electron chi connectivity index (χ2n) is 8.65. The molecule has 3 aromatic rings. The minimum Gasteiger partial charge on any atom is -0.355 e. The van der Waals surface area contributed by atoms with Crippen LogP contribution < -0.4 is 9.62 Å². The predicted molar refractivity (Wildman–Crippen MR) is 143 cm³/mol. The molecule has 1 aliphatic rings. The summed E-state index contributed by atoms with van der Waals surface area (Å²) in [5, 5.41) is 5.08. The van der Waals surface area contributed by atoms with Crippen molar-refractivity contribution < 1.29 is 18.0 Å². The molecule has 0 saturated heterocycles. The first-order chi connectivity index (χ1) is 17.1. The van der Waals surface area contributed by atoms with Crippen molar-refractivity contribution in [2.24, 2.45) is 0 Å². The SMILES string of the molecule is CCNC(=O)C(C)N(Cc1ccc(Cl)c(Cl)c1)C(=O)CCCN1c2cccc3cccc(c23)S1(=O)=O. The van der Waals surface area contributed by atoms with Gasteiger partial charge in [0, 0.05) is 31.4 Å². The number of likely N-dealkylation sites (N-methyl/N-ethyl adjacent to an activating group) is 1. The number of hydrogen-bond acceptors (Lipinski definition) is 4. The number of carbonyl (C=O) groups is 2. The number of amides is 2. The first kappa shape index (κ1) is 26.3. The molecular weight excluding hydrogens is 521 g/mol. The molecule has 0 aliphatic carbocycles. The maximum absolute atomic E-state index is 13.3. The number of benzene rings is 3. The summed E-state index contributed by atoms with van der Waals surface area (Å²) in [6.07, 6.45) is 0.367. The van der Waals surface area contributed by atoms with E-state index in [-0.39, 0.29) is 36.2 Å². The smallest absolute Gasteiger partial charge is 0.265 e. The molecular formula is C26H27Cl2N3O4S. The van der Waals surface area contributed by atoms with Gasteiger partial charge in [0.05, 0.1) is 20.6 Å². The van der Waals surface area contributed by atoms with Crippen LogP contribution in [0.25, 0.3) is 10.8 Å². The predicted octanol–water partition coefficient (Wildman–Crippen LogP) is 4.99. The summed E-state index contributed by atoms with van der Waals surface area (Å²) in [4.78, 5) is 27.6. The van der Waals surface area contributed by atoms with Gasteiger partial charge in [0.15, 0.2) is 0 Å². The van der Waals surface area contributed by atoms with E-state index in [1.165, 1.54) is 9.21 Å². The molecule has 1 heterocycles. The molecule has 0 saturated carbocycles. The van der Waals surface area contributed by atoms with Crippen molar-refractivity contribution >= 4 is 61.5 Å². The van der Waals surface area contributed by atoms with Crippen LogP contribution in [0.5, 0.6) is 0 Å². The fourth-order valence-corrected chi connectivity index (χ4v) is 6.53. The number of anilines is 1. The summed E-state index contributed by atoms with van der Waals surface area (Å²) in [6.45, 7) is 4.24. The second kappa shape index (κ2) is 10.7.